The zero-order valence-corrected chi connectivity index (χ0v) is 9.11. The van der Waals surface area contributed by atoms with Crippen LogP contribution in [0.25, 0.3) is 0 Å². The summed E-state index contributed by atoms with van der Waals surface area (Å²) in [5, 5.41) is 12.4. The molecule has 0 spiro atoms. The highest BCUT2D eigenvalue weighted by molar-refractivity contribution is 5.79. The van der Waals surface area contributed by atoms with Gasteiger partial charge in [-0.05, 0) is 32.1 Å². The molecule has 0 aromatic rings. The number of ether oxygens (including phenoxy) is 1. The zero-order valence-electron chi connectivity index (χ0n) is 9.11. The van der Waals surface area contributed by atoms with Crippen LogP contribution in [0, 0.1) is 11.8 Å². The lowest BCUT2D eigenvalue weighted by Gasteiger charge is -2.16. The van der Waals surface area contributed by atoms with Gasteiger partial charge < -0.3 is 15.2 Å². The minimum absolute atomic E-state index is 0.0167. The van der Waals surface area contributed by atoms with Crippen LogP contribution in [-0.2, 0) is 9.53 Å². The van der Waals surface area contributed by atoms with Crippen LogP contribution in [0.15, 0.2) is 0 Å². The molecular weight excluding hydrogens is 194 g/mol. The summed E-state index contributed by atoms with van der Waals surface area (Å²) in [4.78, 5) is 11.7. The quantitative estimate of drug-likeness (QED) is 0.706. The van der Waals surface area contributed by atoms with Gasteiger partial charge in [-0.3, -0.25) is 4.79 Å². The average Bonchev–Trinajstić information content (AvgIpc) is 2.98. The van der Waals surface area contributed by atoms with Gasteiger partial charge in [0.2, 0.25) is 5.91 Å². The minimum atomic E-state index is -0.355. The van der Waals surface area contributed by atoms with E-state index in [0.29, 0.717) is 19.1 Å². The molecule has 0 aromatic carbocycles. The lowest BCUT2D eigenvalue weighted by molar-refractivity contribution is -0.126. The Morgan fingerprint density at radius 3 is 2.80 bits per heavy atom. The maximum atomic E-state index is 11.7. The molecule has 2 rings (SSSR count). The Balaban J connectivity index is 1.71. The number of carbonyl (C=O) groups excluding carboxylic acids is 1. The van der Waals surface area contributed by atoms with Gasteiger partial charge in [0.1, 0.15) is 0 Å². The van der Waals surface area contributed by atoms with Crippen LogP contribution in [0.1, 0.15) is 26.2 Å². The van der Waals surface area contributed by atoms with E-state index < -0.39 is 0 Å². The second-order valence-electron chi connectivity index (χ2n) is 4.62. The Hall–Kier alpha value is -0.610. The summed E-state index contributed by atoms with van der Waals surface area (Å²) in [5.74, 6) is 0.415. The van der Waals surface area contributed by atoms with Crippen molar-refractivity contribution in [2.45, 2.75) is 38.4 Å². The van der Waals surface area contributed by atoms with Crippen molar-refractivity contribution in [3.05, 3.63) is 0 Å². The van der Waals surface area contributed by atoms with E-state index in [0.717, 1.165) is 19.3 Å². The summed E-state index contributed by atoms with van der Waals surface area (Å²) in [5.41, 5.74) is 0. The Morgan fingerprint density at radius 2 is 2.27 bits per heavy atom. The fourth-order valence-electron chi connectivity index (χ4n) is 2.06. The zero-order chi connectivity index (χ0) is 10.8. The monoisotopic (exact) mass is 213 g/mol. The molecule has 4 nitrogen and oxygen atoms in total. The summed E-state index contributed by atoms with van der Waals surface area (Å²) >= 11 is 0. The van der Waals surface area contributed by atoms with Crippen molar-refractivity contribution in [1.29, 1.82) is 0 Å². The molecule has 2 N–H and O–H groups in total. The van der Waals surface area contributed by atoms with E-state index in [9.17, 15) is 9.90 Å². The number of rotatable bonds is 4. The summed E-state index contributed by atoms with van der Waals surface area (Å²) in [7, 11) is 0. The van der Waals surface area contributed by atoms with E-state index in [1.54, 1.807) is 0 Å². The normalized spacial score (nSPS) is 32.7. The Kier molecular flexibility index (Phi) is 3.26. The highest BCUT2D eigenvalue weighted by Crippen LogP contribution is 2.32. The maximum absolute atomic E-state index is 11.7. The van der Waals surface area contributed by atoms with Crippen molar-refractivity contribution in [3.63, 3.8) is 0 Å². The topological polar surface area (TPSA) is 58.6 Å². The lowest BCUT2D eigenvalue weighted by Crippen LogP contribution is -2.39. The lowest BCUT2D eigenvalue weighted by atomic mass is 10.0. The number of nitrogens with one attached hydrogen (secondary N) is 1. The van der Waals surface area contributed by atoms with Crippen molar-refractivity contribution in [3.8, 4) is 0 Å². The van der Waals surface area contributed by atoms with Crippen LogP contribution >= 0.6 is 0 Å². The van der Waals surface area contributed by atoms with Crippen LogP contribution in [-0.4, -0.2) is 36.4 Å². The number of aliphatic hydroxyl groups excluding tert-OH is 1. The van der Waals surface area contributed by atoms with E-state index in [2.05, 4.69) is 5.32 Å². The fraction of sp³-hybridized carbons (Fsp3) is 0.909. The SMILES string of the molecule is CC1OCCC1C(=O)NCC(O)C1CC1. The van der Waals surface area contributed by atoms with Crippen LogP contribution in [0.2, 0.25) is 0 Å². The minimum Gasteiger partial charge on any atom is -0.391 e. The van der Waals surface area contributed by atoms with E-state index in [-0.39, 0.29) is 24.0 Å². The first kappa shape index (κ1) is 10.9. The highest BCUT2D eigenvalue weighted by atomic mass is 16.5. The molecule has 0 aromatic heterocycles. The molecule has 1 saturated heterocycles. The van der Waals surface area contributed by atoms with Gasteiger partial charge >= 0.3 is 0 Å². The second-order valence-corrected chi connectivity index (χ2v) is 4.62. The van der Waals surface area contributed by atoms with Gasteiger partial charge in [0.15, 0.2) is 0 Å². The van der Waals surface area contributed by atoms with Gasteiger partial charge in [0.05, 0.1) is 18.1 Å². The molecule has 1 aliphatic heterocycles. The molecule has 2 fully saturated rings. The third kappa shape index (κ3) is 2.69. The molecule has 15 heavy (non-hydrogen) atoms. The van der Waals surface area contributed by atoms with Crippen molar-refractivity contribution in [1.82, 2.24) is 5.32 Å². The largest absolute Gasteiger partial charge is 0.391 e. The Morgan fingerprint density at radius 1 is 1.53 bits per heavy atom. The van der Waals surface area contributed by atoms with Crippen LogP contribution in [0.3, 0.4) is 0 Å². The first-order valence-electron chi connectivity index (χ1n) is 5.76. The van der Waals surface area contributed by atoms with Gasteiger partial charge in [-0.1, -0.05) is 0 Å². The summed E-state index contributed by atoms with van der Waals surface area (Å²) in [6.45, 7) is 2.99. The summed E-state index contributed by atoms with van der Waals surface area (Å²) in [6, 6.07) is 0. The van der Waals surface area contributed by atoms with Crippen molar-refractivity contribution in [2.75, 3.05) is 13.2 Å². The molecule has 4 heteroatoms. The van der Waals surface area contributed by atoms with Gasteiger partial charge in [-0.15, -0.1) is 0 Å². The second kappa shape index (κ2) is 4.49. The van der Waals surface area contributed by atoms with E-state index in [1.807, 2.05) is 6.92 Å². The molecule has 3 unspecified atom stereocenters. The van der Waals surface area contributed by atoms with Crippen molar-refractivity contribution >= 4 is 5.91 Å². The van der Waals surface area contributed by atoms with Crippen LogP contribution in [0.5, 0.6) is 0 Å². The molecule has 86 valence electrons. The van der Waals surface area contributed by atoms with Crippen LogP contribution < -0.4 is 5.32 Å². The molecule has 1 heterocycles. The highest BCUT2D eigenvalue weighted by Gasteiger charge is 2.33. The van der Waals surface area contributed by atoms with Gasteiger partial charge in [0.25, 0.3) is 0 Å². The van der Waals surface area contributed by atoms with Gasteiger partial charge in [-0.2, -0.15) is 0 Å². The molecule has 2 aliphatic rings. The van der Waals surface area contributed by atoms with Crippen LogP contribution in [0.4, 0.5) is 0 Å². The number of amides is 1. The molecular formula is C11H19NO3. The van der Waals surface area contributed by atoms with Gasteiger partial charge in [0, 0.05) is 13.2 Å². The first-order valence-corrected chi connectivity index (χ1v) is 5.76. The smallest absolute Gasteiger partial charge is 0.225 e. The third-order valence-electron chi connectivity index (χ3n) is 3.36. The average molecular weight is 213 g/mol. The predicted molar refractivity (Wildman–Crippen MR) is 55.3 cm³/mol. The number of hydrogen-bond acceptors (Lipinski definition) is 3. The van der Waals surface area contributed by atoms with E-state index >= 15 is 0 Å². The summed E-state index contributed by atoms with van der Waals surface area (Å²) in [6.07, 6.45) is 2.65. The number of carbonyl (C=O) groups is 1. The molecule has 0 bridgehead atoms. The predicted octanol–water partition coefficient (Wildman–Crippen LogP) is 0.298. The molecule has 1 aliphatic carbocycles. The standard InChI is InChI=1S/C11H19NO3/c1-7-9(4-5-15-7)11(14)12-6-10(13)8-2-3-8/h7-10,13H,2-6H2,1H3,(H,12,14). The fourth-order valence-corrected chi connectivity index (χ4v) is 2.06. The Labute approximate surface area is 90.0 Å². The molecule has 1 saturated carbocycles. The summed E-state index contributed by atoms with van der Waals surface area (Å²) < 4.78 is 5.33. The van der Waals surface area contributed by atoms with E-state index in [4.69, 9.17) is 4.74 Å². The number of aliphatic hydroxyl groups is 1. The molecule has 3 atom stereocenters. The van der Waals surface area contributed by atoms with Gasteiger partial charge in [-0.25, -0.2) is 0 Å². The van der Waals surface area contributed by atoms with Crippen molar-refractivity contribution in [2.24, 2.45) is 11.8 Å². The third-order valence-corrected chi connectivity index (χ3v) is 3.36. The Bertz CT molecular complexity index is 240. The maximum Gasteiger partial charge on any atom is 0.225 e. The first-order chi connectivity index (χ1) is 7.18. The molecule has 0 radical (unpaired) electrons. The van der Waals surface area contributed by atoms with E-state index in [1.165, 1.54) is 0 Å². The number of hydrogen-bond donors (Lipinski definition) is 2. The molecule has 1 amide bonds. The van der Waals surface area contributed by atoms with Crippen molar-refractivity contribution < 1.29 is 14.6 Å².